The van der Waals surface area contributed by atoms with Crippen LogP contribution < -0.4 is 0 Å². The molecule has 192 valence electrons. The van der Waals surface area contributed by atoms with E-state index in [1.54, 1.807) is 5.57 Å². The predicted molar refractivity (Wildman–Crippen MR) is 145 cm³/mol. The molecule has 9 atom stereocenters. The number of hydrogen-bond donors (Lipinski definition) is 0. The van der Waals surface area contributed by atoms with Crippen LogP contribution in [0.2, 0.25) is 0 Å². The first-order chi connectivity index (χ1) is 15.6. The highest BCUT2D eigenvalue weighted by atomic mass is 16.1. The largest absolute Gasteiger partial charge is 0.295 e. The second kappa shape index (κ2) is 8.34. The molecule has 0 aliphatic heterocycles. The normalized spacial score (nSPS) is 45.3. The molecule has 1 nitrogen and oxygen atoms in total. The van der Waals surface area contributed by atoms with Gasteiger partial charge in [0.05, 0.1) is 0 Å². The Labute approximate surface area is 211 Å². The Bertz CT molecular complexity index is 875. The maximum Gasteiger partial charge on any atom is 0.159 e. The van der Waals surface area contributed by atoms with Crippen LogP contribution in [0.25, 0.3) is 0 Å². The highest BCUT2D eigenvalue weighted by molar-refractivity contribution is 5.94. The van der Waals surface area contributed by atoms with Crippen molar-refractivity contribution in [2.75, 3.05) is 0 Å². The molecule has 3 saturated carbocycles. The highest BCUT2D eigenvalue weighted by Gasteiger charge is 2.66. The zero-order valence-electron chi connectivity index (χ0n) is 24.2. The van der Waals surface area contributed by atoms with Crippen LogP contribution in [0.15, 0.2) is 23.8 Å². The molecule has 34 heavy (non-hydrogen) atoms. The van der Waals surface area contributed by atoms with Gasteiger partial charge < -0.3 is 0 Å². The number of allylic oxidation sites excluding steroid dienone is 3. The van der Waals surface area contributed by atoms with E-state index >= 15 is 0 Å². The Kier molecular flexibility index (Phi) is 6.43. The quantitative estimate of drug-likeness (QED) is 0.369. The molecule has 0 radical (unpaired) electrons. The summed E-state index contributed by atoms with van der Waals surface area (Å²) in [4.78, 5) is 13.7. The van der Waals surface area contributed by atoms with E-state index in [9.17, 15) is 4.79 Å². The predicted octanol–water partition coefficient (Wildman–Crippen LogP) is 9.28. The van der Waals surface area contributed by atoms with Crippen molar-refractivity contribution in [1.29, 1.82) is 0 Å². The lowest BCUT2D eigenvalue weighted by atomic mass is 9.41. The van der Waals surface area contributed by atoms with Crippen LogP contribution in [-0.4, -0.2) is 5.78 Å². The Hall–Kier alpha value is -0.850. The van der Waals surface area contributed by atoms with Gasteiger partial charge in [0, 0.05) is 5.92 Å². The van der Waals surface area contributed by atoms with E-state index in [-0.39, 0.29) is 27.6 Å². The Morgan fingerprint density at radius 3 is 2.32 bits per heavy atom. The minimum absolute atomic E-state index is 0.155. The molecule has 4 aliphatic carbocycles. The van der Waals surface area contributed by atoms with E-state index in [1.165, 1.54) is 37.7 Å². The third-order valence-electron chi connectivity index (χ3n) is 13.1. The van der Waals surface area contributed by atoms with Gasteiger partial charge in [-0.05, 0) is 108 Å². The molecule has 3 fully saturated rings. The van der Waals surface area contributed by atoms with Gasteiger partial charge in [0.1, 0.15) is 0 Å². The fourth-order valence-electron chi connectivity index (χ4n) is 9.69. The van der Waals surface area contributed by atoms with Crippen molar-refractivity contribution in [2.24, 2.45) is 63.1 Å². The summed E-state index contributed by atoms with van der Waals surface area (Å²) in [7, 11) is 0. The number of ketones is 1. The molecule has 4 aliphatic rings. The Morgan fingerprint density at radius 2 is 1.71 bits per heavy atom. The Morgan fingerprint density at radius 1 is 1.06 bits per heavy atom. The minimum Gasteiger partial charge on any atom is -0.295 e. The highest BCUT2D eigenvalue weighted by Crippen LogP contribution is 2.74. The molecular weight excluding hydrogens is 412 g/mol. The van der Waals surface area contributed by atoms with Crippen LogP contribution in [0.1, 0.15) is 114 Å². The second-order valence-corrected chi connectivity index (χ2v) is 15.1. The van der Waals surface area contributed by atoms with Crippen molar-refractivity contribution in [3.05, 3.63) is 23.8 Å². The van der Waals surface area contributed by atoms with Crippen LogP contribution in [0, 0.1) is 63.1 Å². The van der Waals surface area contributed by atoms with Crippen LogP contribution >= 0.6 is 0 Å². The first kappa shape index (κ1) is 26.2. The first-order valence-electron chi connectivity index (χ1n) is 14.5. The van der Waals surface area contributed by atoms with E-state index in [2.05, 4.69) is 81.9 Å². The van der Waals surface area contributed by atoms with E-state index < -0.39 is 0 Å². The van der Waals surface area contributed by atoms with Crippen molar-refractivity contribution in [1.82, 2.24) is 0 Å². The molecule has 0 bridgehead atoms. The topological polar surface area (TPSA) is 17.1 Å². The number of rotatable bonds is 5. The van der Waals surface area contributed by atoms with Gasteiger partial charge in [0.25, 0.3) is 0 Å². The van der Waals surface area contributed by atoms with Gasteiger partial charge in [-0.3, -0.25) is 4.79 Å². The summed E-state index contributed by atoms with van der Waals surface area (Å²) >= 11 is 0. The molecular formula is C33H54O. The number of hydrogen-bond acceptors (Lipinski definition) is 1. The van der Waals surface area contributed by atoms with Gasteiger partial charge in [-0.25, -0.2) is 0 Å². The summed E-state index contributed by atoms with van der Waals surface area (Å²) in [6.45, 7) is 29.0. The van der Waals surface area contributed by atoms with Gasteiger partial charge in [-0.2, -0.15) is 0 Å². The van der Waals surface area contributed by atoms with Crippen LogP contribution in [0.5, 0.6) is 0 Å². The van der Waals surface area contributed by atoms with E-state index in [0.29, 0.717) is 35.4 Å². The summed E-state index contributed by atoms with van der Waals surface area (Å²) in [5, 5.41) is 0. The molecule has 4 rings (SSSR count). The Balaban J connectivity index is 1.68. The van der Waals surface area contributed by atoms with E-state index in [1.807, 2.05) is 0 Å². The molecule has 0 heterocycles. The van der Waals surface area contributed by atoms with Crippen LogP contribution in [0.4, 0.5) is 0 Å². The lowest BCUT2D eigenvalue weighted by molar-refractivity contribution is -0.134. The molecule has 0 aromatic rings. The SMILES string of the molecule is C=C(C[C@@H](C)C(C)(C)[C@H]1CC[C@@]2(C)C3=CC(=O)[C@@H]4C[C@@H](C)[C@@H](C)C[C@]4(C)C3CC[C@]12C)C(C)C. The summed E-state index contributed by atoms with van der Waals surface area (Å²) in [5.74, 6) is 4.56. The fourth-order valence-corrected chi connectivity index (χ4v) is 9.69. The molecule has 1 heteroatoms. The van der Waals surface area contributed by atoms with E-state index in [0.717, 1.165) is 18.8 Å². The smallest absolute Gasteiger partial charge is 0.159 e. The van der Waals surface area contributed by atoms with Crippen molar-refractivity contribution >= 4 is 5.78 Å². The zero-order chi connectivity index (χ0) is 25.4. The number of carbonyl (C=O) groups is 1. The second-order valence-electron chi connectivity index (χ2n) is 15.1. The molecule has 0 amide bonds. The summed E-state index contributed by atoms with van der Waals surface area (Å²) in [5.41, 5.74) is 3.80. The van der Waals surface area contributed by atoms with Gasteiger partial charge in [-0.15, -0.1) is 0 Å². The van der Waals surface area contributed by atoms with E-state index in [4.69, 9.17) is 0 Å². The maximum atomic E-state index is 13.7. The van der Waals surface area contributed by atoms with Gasteiger partial charge >= 0.3 is 0 Å². The van der Waals surface area contributed by atoms with Gasteiger partial charge in [-0.1, -0.05) is 87.0 Å². The van der Waals surface area contributed by atoms with Crippen molar-refractivity contribution < 1.29 is 4.79 Å². The van der Waals surface area contributed by atoms with Crippen molar-refractivity contribution in [3.63, 3.8) is 0 Å². The summed E-state index contributed by atoms with van der Waals surface area (Å²) in [6.07, 6.45) is 10.8. The van der Waals surface area contributed by atoms with Crippen LogP contribution in [-0.2, 0) is 4.79 Å². The number of carbonyl (C=O) groups excluding carboxylic acids is 1. The lowest BCUT2D eigenvalue weighted by Crippen LogP contribution is -2.56. The minimum atomic E-state index is 0.155. The number of fused-ring (bicyclic) bond motifs is 5. The van der Waals surface area contributed by atoms with Crippen molar-refractivity contribution in [3.8, 4) is 0 Å². The molecule has 0 N–H and O–H groups in total. The average molecular weight is 467 g/mol. The molecule has 0 spiro atoms. The van der Waals surface area contributed by atoms with Crippen LogP contribution in [0.3, 0.4) is 0 Å². The third kappa shape index (κ3) is 3.56. The first-order valence-corrected chi connectivity index (χ1v) is 14.5. The zero-order valence-corrected chi connectivity index (χ0v) is 24.2. The monoisotopic (exact) mass is 466 g/mol. The van der Waals surface area contributed by atoms with Gasteiger partial charge in [0.15, 0.2) is 5.78 Å². The fraction of sp³-hybridized carbons (Fsp3) is 0.848. The maximum absolute atomic E-state index is 13.7. The van der Waals surface area contributed by atoms with Crippen molar-refractivity contribution in [2.45, 2.75) is 114 Å². The lowest BCUT2D eigenvalue weighted by Gasteiger charge is -2.62. The molecule has 1 unspecified atom stereocenters. The molecule has 0 saturated heterocycles. The average Bonchev–Trinajstić information content (AvgIpc) is 3.02. The molecule has 0 aromatic carbocycles. The van der Waals surface area contributed by atoms with Gasteiger partial charge in [0.2, 0.25) is 0 Å². The standard InChI is InChI=1S/C33H54O/c1-20(2)21(3)16-24(6)30(7,8)29-13-15-32(10)26-18-28(34)27-17-22(4)23(5)19-31(27,9)25(26)12-14-33(29,32)11/h18,20,22-25,27,29H,3,12-17,19H2,1-2,4-11H3/t22-,23+,24-,25?,27+,29-,31-,32+,33-/m1/s1. The third-order valence-corrected chi connectivity index (χ3v) is 13.1. The summed E-state index contributed by atoms with van der Waals surface area (Å²) < 4.78 is 0. The molecule has 0 aromatic heterocycles. The summed E-state index contributed by atoms with van der Waals surface area (Å²) in [6, 6.07) is 0.